The molecule has 0 spiro atoms. The summed E-state index contributed by atoms with van der Waals surface area (Å²) in [5.41, 5.74) is 3.19. The molecule has 0 aliphatic carbocycles. The molecule has 1 amide bonds. The number of halogens is 3. The van der Waals surface area contributed by atoms with Gasteiger partial charge in [0.1, 0.15) is 11.3 Å². The number of ether oxygens (including phenoxy) is 2. The summed E-state index contributed by atoms with van der Waals surface area (Å²) in [5.74, 6) is 0.394. The number of hydrogen-bond acceptors (Lipinski definition) is 5. The number of carbonyl (C=O) groups excluding carboxylic acids is 1. The lowest BCUT2D eigenvalue weighted by molar-refractivity contribution is -0.274. The summed E-state index contributed by atoms with van der Waals surface area (Å²) in [6.45, 7) is 3.71. The van der Waals surface area contributed by atoms with E-state index in [1.165, 1.54) is 18.2 Å². The number of aryl methyl sites for hydroxylation is 2. The van der Waals surface area contributed by atoms with E-state index in [2.05, 4.69) is 20.0 Å². The van der Waals surface area contributed by atoms with Crippen molar-refractivity contribution in [1.29, 1.82) is 0 Å². The van der Waals surface area contributed by atoms with E-state index in [-0.39, 0.29) is 18.0 Å². The molecule has 7 nitrogen and oxygen atoms in total. The second kappa shape index (κ2) is 7.86. The van der Waals surface area contributed by atoms with Crippen LogP contribution in [0.1, 0.15) is 17.1 Å². The molecule has 162 valence electrons. The number of hydrogen-bond donors (Lipinski definition) is 2. The summed E-state index contributed by atoms with van der Waals surface area (Å²) in [6.07, 6.45) is -5.07. The Morgan fingerprint density at radius 3 is 2.81 bits per heavy atom. The van der Waals surface area contributed by atoms with Gasteiger partial charge in [-0.3, -0.25) is 0 Å². The highest BCUT2D eigenvalue weighted by atomic mass is 19.4. The topological polar surface area (TPSA) is 89.4 Å². The second-order valence-corrected chi connectivity index (χ2v) is 6.89. The molecule has 0 saturated heterocycles. The van der Waals surface area contributed by atoms with Gasteiger partial charge in [0.05, 0.1) is 0 Å². The third-order valence-corrected chi connectivity index (χ3v) is 4.66. The number of carbonyl (C=O) groups is 1. The van der Waals surface area contributed by atoms with E-state index in [0.717, 1.165) is 11.3 Å². The molecule has 0 fully saturated rings. The molecule has 2 aromatic heterocycles. The van der Waals surface area contributed by atoms with E-state index >= 15 is 0 Å². The first-order chi connectivity index (χ1) is 14.7. The monoisotopic (exact) mass is 433 g/mol. The molecule has 0 atom stereocenters. The van der Waals surface area contributed by atoms with Crippen molar-refractivity contribution in [2.45, 2.75) is 26.6 Å². The lowest BCUT2D eigenvalue weighted by Crippen LogP contribution is -2.28. The lowest BCUT2D eigenvalue weighted by atomic mass is 10.1. The third kappa shape index (κ3) is 4.57. The normalized spacial score (nSPS) is 11.8. The number of rotatable bonds is 5. The van der Waals surface area contributed by atoms with Crippen molar-refractivity contribution in [2.75, 3.05) is 6.54 Å². The Labute approximate surface area is 174 Å². The van der Waals surface area contributed by atoms with Crippen molar-refractivity contribution in [3.63, 3.8) is 0 Å². The molecule has 4 rings (SSSR count). The first kappa shape index (κ1) is 20.6. The van der Waals surface area contributed by atoms with Gasteiger partial charge in [-0.05, 0) is 49.2 Å². The maximum atomic E-state index is 12.5. The molecule has 0 unspecified atom stereocenters. The van der Waals surface area contributed by atoms with Crippen LogP contribution in [0.25, 0.3) is 22.0 Å². The minimum Gasteiger partial charge on any atom is -0.437 e. The molecule has 2 N–H and O–H groups in total. The summed E-state index contributed by atoms with van der Waals surface area (Å²) in [6, 6.07) is 9.13. The Morgan fingerprint density at radius 1 is 1.23 bits per heavy atom. The van der Waals surface area contributed by atoms with Crippen LogP contribution in [0.3, 0.4) is 0 Å². The second-order valence-electron chi connectivity index (χ2n) is 6.89. The number of para-hydroxylation sites is 1. The van der Waals surface area contributed by atoms with Crippen molar-refractivity contribution < 1.29 is 31.9 Å². The molecular formula is C21H18F3N3O4. The van der Waals surface area contributed by atoms with Gasteiger partial charge in [0.15, 0.2) is 17.2 Å². The van der Waals surface area contributed by atoms with E-state index in [0.29, 0.717) is 34.3 Å². The fourth-order valence-electron chi connectivity index (χ4n) is 3.42. The van der Waals surface area contributed by atoms with Crippen LogP contribution in [0, 0.1) is 13.8 Å². The molecule has 0 bridgehead atoms. The summed E-state index contributed by atoms with van der Waals surface area (Å²) in [4.78, 5) is 19.5. The SMILES string of the molecule is Cc1nc2cccc(OC(=O)NCCc3c(C)[nH]c4ccc(OC(F)(F)F)cc34)c2o1. The first-order valence-electron chi connectivity index (χ1n) is 9.38. The summed E-state index contributed by atoms with van der Waals surface area (Å²) in [7, 11) is 0. The van der Waals surface area contributed by atoms with Crippen LogP contribution in [0.4, 0.5) is 18.0 Å². The highest BCUT2D eigenvalue weighted by molar-refractivity contribution is 5.86. The number of alkyl halides is 3. The van der Waals surface area contributed by atoms with Gasteiger partial charge in [-0.2, -0.15) is 0 Å². The van der Waals surface area contributed by atoms with Gasteiger partial charge in [0.25, 0.3) is 0 Å². The summed E-state index contributed by atoms with van der Waals surface area (Å²) in [5, 5.41) is 3.23. The molecule has 2 aromatic carbocycles. The fraction of sp³-hybridized carbons (Fsp3) is 0.238. The van der Waals surface area contributed by atoms with Crippen LogP contribution in [0.5, 0.6) is 11.5 Å². The van der Waals surface area contributed by atoms with Gasteiger partial charge >= 0.3 is 12.5 Å². The smallest absolute Gasteiger partial charge is 0.437 e. The summed E-state index contributed by atoms with van der Waals surface area (Å²) < 4.78 is 52.3. The van der Waals surface area contributed by atoms with E-state index in [1.807, 2.05) is 6.92 Å². The largest absolute Gasteiger partial charge is 0.573 e. The maximum Gasteiger partial charge on any atom is 0.573 e. The number of H-pyrrole nitrogens is 1. The molecule has 0 aliphatic rings. The van der Waals surface area contributed by atoms with Gasteiger partial charge in [0, 0.05) is 30.1 Å². The third-order valence-electron chi connectivity index (χ3n) is 4.66. The van der Waals surface area contributed by atoms with Crippen LogP contribution >= 0.6 is 0 Å². The van der Waals surface area contributed by atoms with Crippen LogP contribution < -0.4 is 14.8 Å². The molecule has 2 heterocycles. The van der Waals surface area contributed by atoms with Crippen molar-refractivity contribution in [3.05, 3.63) is 53.5 Å². The zero-order valence-electron chi connectivity index (χ0n) is 16.6. The Kier molecular flexibility index (Phi) is 5.22. The number of oxazole rings is 1. The average molecular weight is 433 g/mol. The summed E-state index contributed by atoms with van der Waals surface area (Å²) >= 11 is 0. The molecule has 0 aliphatic heterocycles. The van der Waals surface area contributed by atoms with Gasteiger partial charge < -0.3 is 24.2 Å². The predicted molar refractivity (Wildman–Crippen MR) is 106 cm³/mol. The van der Waals surface area contributed by atoms with E-state index in [1.54, 1.807) is 25.1 Å². The molecule has 31 heavy (non-hydrogen) atoms. The number of aromatic nitrogens is 2. The minimum atomic E-state index is -4.77. The van der Waals surface area contributed by atoms with Gasteiger partial charge in [-0.1, -0.05) is 6.07 Å². The number of benzene rings is 2. The van der Waals surface area contributed by atoms with Crippen molar-refractivity contribution in [2.24, 2.45) is 0 Å². The van der Waals surface area contributed by atoms with E-state index in [4.69, 9.17) is 9.15 Å². The van der Waals surface area contributed by atoms with Gasteiger partial charge in [0.2, 0.25) is 0 Å². The highest BCUT2D eigenvalue weighted by Gasteiger charge is 2.31. The standard InChI is InChI=1S/C21H18F3N3O4/c1-11-14(15-10-13(31-21(22,23)24)6-7-16(15)26-11)8-9-25-20(28)30-18-5-3-4-17-19(18)29-12(2)27-17/h3-7,10,26H,8-9H2,1-2H3,(H,25,28). The predicted octanol–water partition coefficient (Wildman–Crippen LogP) is 5.16. The molecular weight excluding hydrogens is 415 g/mol. The minimum absolute atomic E-state index is 0.211. The van der Waals surface area contributed by atoms with Gasteiger partial charge in [-0.25, -0.2) is 9.78 Å². The average Bonchev–Trinajstić information content (AvgIpc) is 3.20. The van der Waals surface area contributed by atoms with Crippen LogP contribution in [0.2, 0.25) is 0 Å². The Morgan fingerprint density at radius 2 is 2.03 bits per heavy atom. The van der Waals surface area contributed by atoms with Crippen molar-refractivity contribution in [3.8, 4) is 11.5 Å². The highest BCUT2D eigenvalue weighted by Crippen LogP contribution is 2.30. The van der Waals surface area contributed by atoms with Crippen LogP contribution in [-0.2, 0) is 6.42 Å². The molecule has 4 aromatic rings. The number of amides is 1. The van der Waals surface area contributed by atoms with Crippen LogP contribution in [-0.4, -0.2) is 29.0 Å². The molecule has 10 heteroatoms. The molecule has 0 saturated carbocycles. The van der Waals surface area contributed by atoms with Crippen LogP contribution in [0.15, 0.2) is 40.8 Å². The van der Waals surface area contributed by atoms with Crippen molar-refractivity contribution in [1.82, 2.24) is 15.3 Å². The Balaban J connectivity index is 1.43. The van der Waals surface area contributed by atoms with E-state index < -0.39 is 12.5 Å². The first-order valence-corrected chi connectivity index (χ1v) is 9.38. The maximum absolute atomic E-state index is 12.5. The van der Waals surface area contributed by atoms with Crippen molar-refractivity contribution >= 4 is 28.1 Å². The Hall–Kier alpha value is -3.69. The number of fused-ring (bicyclic) bond motifs is 2. The number of nitrogens with zero attached hydrogens (tertiary/aromatic N) is 1. The zero-order chi connectivity index (χ0) is 22.2. The lowest BCUT2D eigenvalue weighted by Gasteiger charge is -2.09. The molecule has 0 radical (unpaired) electrons. The fourth-order valence-corrected chi connectivity index (χ4v) is 3.42. The zero-order valence-corrected chi connectivity index (χ0v) is 16.6. The quantitative estimate of drug-likeness (QED) is 0.454. The van der Waals surface area contributed by atoms with E-state index in [9.17, 15) is 18.0 Å². The Bertz CT molecular complexity index is 1260. The number of aromatic amines is 1. The van der Waals surface area contributed by atoms with Gasteiger partial charge in [-0.15, -0.1) is 13.2 Å². The number of nitrogens with one attached hydrogen (secondary N) is 2.